The van der Waals surface area contributed by atoms with Crippen LogP contribution in [0.2, 0.25) is 0 Å². The van der Waals surface area contributed by atoms with E-state index in [1.807, 2.05) is 0 Å². The van der Waals surface area contributed by atoms with Gasteiger partial charge in [-0.1, -0.05) is 0 Å². The summed E-state index contributed by atoms with van der Waals surface area (Å²) < 4.78 is 41.1. The fraction of sp³-hybridized carbons (Fsp3) is 0.333. The molecule has 0 aliphatic rings. The van der Waals surface area contributed by atoms with E-state index in [1.54, 1.807) is 13.8 Å². The largest absolute Gasteiger partial charge is 1.00 e. The summed E-state index contributed by atoms with van der Waals surface area (Å²) in [4.78, 5) is 22.4. The minimum Gasteiger partial charge on any atom is -1.00 e. The molecule has 0 fully saturated rings. The fourth-order valence-electron chi connectivity index (χ4n) is 1.45. The van der Waals surface area contributed by atoms with Gasteiger partial charge in [0.2, 0.25) is 0 Å². The number of carbonyl (C=O) groups excluding carboxylic acids is 2. The first kappa shape index (κ1) is 20.7. The van der Waals surface area contributed by atoms with Gasteiger partial charge in [0.15, 0.2) is 0 Å². The van der Waals surface area contributed by atoms with Gasteiger partial charge in [0.05, 0.1) is 24.3 Å². The third-order valence-electron chi connectivity index (χ3n) is 2.27. The van der Waals surface area contributed by atoms with Gasteiger partial charge >= 0.3 is 63.3 Å². The van der Waals surface area contributed by atoms with Crippen LogP contribution in [-0.4, -0.2) is 38.1 Å². The molecule has 0 heterocycles. The number of esters is 2. The van der Waals surface area contributed by atoms with Crippen molar-refractivity contribution >= 4 is 22.1 Å². The minimum atomic E-state index is -4.68. The molecule has 112 valence electrons. The molecule has 7 nitrogen and oxygen atoms in total. The van der Waals surface area contributed by atoms with Gasteiger partial charge in [-0.3, -0.25) is 4.55 Å². The van der Waals surface area contributed by atoms with E-state index in [-0.39, 0.29) is 77.2 Å². The Morgan fingerprint density at radius 2 is 1.67 bits per heavy atom. The molecule has 0 radical (unpaired) electrons. The van der Waals surface area contributed by atoms with E-state index < -0.39 is 27.0 Å². The summed E-state index contributed by atoms with van der Waals surface area (Å²) in [6.45, 7) is 3.30. The molecular formula is C12H15KO7S. The summed E-state index contributed by atoms with van der Waals surface area (Å²) in [5, 5.41) is 0. The van der Waals surface area contributed by atoms with Crippen LogP contribution in [0.15, 0.2) is 23.1 Å². The molecule has 0 aromatic heterocycles. The van der Waals surface area contributed by atoms with E-state index >= 15 is 0 Å². The van der Waals surface area contributed by atoms with Crippen molar-refractivity contribution < 1.29 is 84.8 Å². The molecule has 0 aliphatic carbocycles. The molecule has 1 N–H and O–H groups in total. The number of hydrogen-bond acceptors (Lipinski definition) is 6. The molecular weight excluding hydrogens is 327 g/mol. The summed E-state index contributed by atoms with van der Waals surface area (Å²) in [5.74, 6) is -1.66. The van der Waals surface area contributed by atoms with E-state index in [9.17, 15) is 18.0 Å². The Labute approximate surface area is 166 Å². The van der Waals surface area contributed by atoms with E-state index in [1.165, 1.54) is 6.07 Å². The van der Waals surface area contributed by atoms with Crippen molar-refractivity contribution in [3.63, 3.8) is 0 Å². The van der Waals surface area contributed by atoms with Crippen LogP contribution in [-0.2, 0) is 19.6 Å². The van der Waals surface area contributed by atoms with Crippen molar-refractivity contribution in [2.75, 3.05) is 13.2 Å². The van der Waals surface area contributed by atoms with Gasteiger partial charge in [-0.15, -0.1) is 0 Å². The van der Waals surface area contributed by atoms with Crippen molar-refractivity contribution in [3.05, 3.63) is 29.3 Å². The normalized spacial score (nSPS) is 10.4. The average Bonchev–Trinajstić information content (AvgIpc) is 2.37. The topological polar surface area (TPSA) is 107 Å². The second-order valence-corrected chi connectivity index (χ2v) is 5.02. The van der Waals surface area contributed by atoms with Crippen molar-refractivity contribution in [2.24, 2.45) is 0 Å². The zero-order chi connectivity index (χ0) is 15.3. The summed E-state index contributed by atoms with van der Waals surface area (Å²) in [7, 11) is -4.68. The number of carbonyl (C=O) groups is 2. The Morgan fingerprint density at radius 3 is 2.14 bits per heavy atom. The zero-order valence-corrected chi connectivity index (χ0v) is 15.9. The average molecular weight is 342 g/mol. The van der Waals surface area contributed by atoms with Crippen LogP contribution in [0.1, 0.15) is 36.0 Å². The predicted octanol–water partition coefficient (Wildman–Crippen LogP) is -1.60. The quantitative estimate of drug-likeness (QED) is 0.390. The molecule has 0 saturated heterocycles. The van der Waals surface area contributed by atoms with E-state index in [2.05, 4.69) is 4.74 Å². The van der Waals surface area contributed by atoms with Gasteiger partial charge in [0.25, 0.3) is 10.1 Å². The smallest absolute Gasteiger partial charge is 1.00 e. The molecule has 0 spiro atoms. The zero-order valence-electron chi connectivity index (χ0n) is 13.0. The summed E-state index contributed by atoms with van der Waals surface area (Å²) in [6, 6.07) is 3.19. The summed E-state index contributed by atoms with van der Waals surface area (Å²) in [5.41, 5.74) is -0.435. The predicted molar refractivity (Wildman–Crippen MR) is 69.3 cm³/mol. The minimum absolute atomic E-state index is 0. The molecule has 0 amide bonds. The molecule has 0 saturated carbocycles. The van der Waals surface area contributed by atoms with Crippen molar-refractivity contribution in [1.29, 1.82) is 0 Å². The van der Waals surface area contributed by atoms with Gasteiger partial charge < -0.3 is 10.9 Å². The molecule has 1 aromatic carbocycles. The van der Waals surface area contributed by atoms with Crippen LogP contribution in [0, 0.1) is 0 Å². The third kappa shape index (κ3) is 5.78. The van der Waals surface area contributed by atoms with Crippen LogP contribution in [0.5, 0.6) is 0 Å². The second-order valence-electron chi connectivity index (χ2n) is 3.63. The van der Waals surface area contributed by atoms with E-state index in [0.29, 0.717) is 0 Å². The van der Waals surface area contributed by atoms with Crippen molar-refractivity contribution in [1.82, 2.24) is 0 Å². The Bertz CT molecular complexity index is 630. The van der Waals surface area contributed by atoms with Crippen LogP contribution < -0.4 is 51.4 Å². The maximum Gasteiger partial charge on any atom is 1.00 e. The molecule has 9 heteroatoms. The maximum atomic E-state index is 11.6. The van der Waals surface area contributed by atoms with E-state index in [0.717, 1.165) is 12.1 Å². The summed E-state index contributed by atoms with van der Waals surface area (Å²) >= 11 is 0. The molecule has 1 rings (SSSR count). The Morgan fingerprint density at radius 1 is 1.14 bits per heavy atom. The Hall–Kier alpha value is -0.294. The Kier molecular flexibility index (Phi) is 8.86. The molecule has 0 unspecified atom stereocenters. The monoisotopic (exact) mass is 342 g/mol. The van der Waals surface area contributed by atoms with Crippen LogP contribution >= 0.6 is 0 Å². The number of rotatable bonds is 5. The van der Waals surface area contributed by atoms with Crippen LogP contribution in [0.25, 0.3) is 0 Å². The SMILES string of the molecule is CCOC(=O)c1ccc(C(=O)OCC)c(S(=O)(=O)O)c1.[H-].[K+]. The third-order valence-corrected chi connectivity index (χ3v) is 3.16. The van der Waals surface area contributed by atoms with Crippen molar-refractivity contribution in [2.45, 2.75) is 18.7 Å². The first-order valence-electron chi connectivity index (χ1n) is 5.77. The number of ether oxygens (including phenoxy) is 2. The van der Waals surface area contributed by atoms with Gasteiger partial charge in [0, 0.05) is 0 Å². The van der Waals surface area contributed by atoms with E-state index in [4.69, 9.17) is 9.29 Å². The second kappa shape index (κ2) is 8.98. The Balaban J connectivity index is 0. The fourth-order valence-corrected chi connectivity index (χ4v) is 2.16. The number of hydrogen-bond donors (Lipinski definition) is 1. The molecule has 0 aliphatic heterocycles. The molecule has 0 bridgehead atoms. The summed E-state index contributed by atoms with van der Waals surface area (Å²) in [6.07, 6.45) is 0. The van der Waals surface area contributed by atoms with Gasteiger partial charge in [-0.05, 0) is 32.0 Å². The molecule has 0 atom stereocenters. The van der Waals surface area contributed by atoms with Gasteiger partial charge in [0.1, 0.15) is 4.90 Å². The van der Waals surface area contributed by atoms with Gasteiger partial charge in [-0.2, -0.15) is 8.42 Å². The van der Waals surface area contributed by atoms with Crippen LogP contribution in [0.4, 0.5) is 0 Å². The first-order valence-corrected chi connectivity index (χ1v) is 7.21. The standard InChI is InChI=1S/C12H14O7S.K.H/c1-3-18-11(13)8-5-6-9(12(14)19-4-2)10(7-8)20(15,16)17;;/h5-7H,3-4H2,1-2H3,(H,15,16,17);;/q;+1;-1. The number of benzene rings is 1. The molecule has 21 heavy (non-hydrogen) atoms. The first-order chi connectivity index (χ1) is 9.31. The molecule has 1 aromatic rings. The maximum absolute atomic E-state index is 11.6. The van der Waals surface area contributed by atoms with Gasteiger partial charge in [-0.25, -0.2) is 9.59 Å². The van der Waals surface area contributed by atoms with Crippen molar-refractivity contribution in [3.8, 4) is 0 Å². The van der Waals surface area contributed by atoms with Crippen LogP contribution in [0.3, 0.4) is 0 Å².